The number of carbonyl (C=O) groups excluding carboxylic acids is 2. The molecule has 0 bridgehead atoms. The van der Waals surface area contributed by atoms with Gasteiger partial charge >= 0.3 is 6.09 Å². The van der Waals surface area contributed by atoms with Crippen molar-refractivity contribution in [1.29, 1.82) is 0 Å². The van der Waals surface area contributed by atoms with Crippen LogP contribution in [-0.4, -0.2) is 31.2 Å². The number of ether oxygens (including phenoxy) is 1. The molecule has 0 radical (unpaired) electrons. The monoisotopic (exact) mass is 342 g/mol. The molecule has 4 rings (SSSR count). The van der Waals surface area contributed by atoms with Crippen LogP contribution in [0.15, 0.2) is 18.2 Å². The van der Waals surface area contributed by atoms with Crippen molar-refractivity contribution >= 4 is 17.7 Å². The predicted molar refractivity (Wildman–Crippen MR) is 95.6 cm³/mol. The van der Waals surface area contributed by atoms with Crippen LogP contribution in [0.1, 0.15) is 43.7 Å². The zero-order valence-electron chi connectivity index (χ0n) is 14.8. The van der Waals surface area contributed by atoms with Crippen molar-refractivity contribution in [3.8, 4) is 0 Å². The van der Waals surface area contributed by atoms with Crippen LogP contribution in [0.4, 0.5) is 10.5 Å². The van der Waals surface area contributed by atoms with Crippen molar-refractivity contribution in [2.45, 2.75) is 51.6 Å². The first-order valence-electron chi connectivity index (χ1n) is 9.44. The molecule has 5 nitrogen and oxygen atoms in total. The van der Waals surface area contributed by atoms with Gasteiger partial charge in [0.25, 0.3) is 0 Å². The van der Waals surface area contributed by atoms with Crippen LogP contribution in [-0.2, 0) is 22.4 Å². The minimum atomic E-state index is -0.317. The number of nitrogens with one attached hydrogen (secondary N) is 1. The second kappa shape index (κ2) is 6.70. The minimum absolute atomic E-state index is 0.106. The van der Waals surface area contributed by atoms with Gasteiger partial charge in [-0.05, 0) is 60.8 Å². The number of amides is 2. The highest BCUT2D eigenvalue weighted by Crippen LogP contribution is 2.41. The standard InChI is InChI=1S/C20H26N2O3/c1-13(23)21-11-19-12-22(20(24)25-19)18-8-7-15-6-5-14-3-2-4-16(14)9-17(15)10-18/h7-8,10,14,16,19H,2-6,9,11-12H2,1H3,(H,21,23)/t14?,16?,19-/m0/s1. The summed E-state index contributed by atoms with van der Waals surface area (Å²) in [7, 11) is 0. The largest absolute Gasteiger partial charge is 0.442 e. The molecule has 25 heavy (non-hydrogen) atoms. The molecule has 0 aromatic heterocycles. The van der Waals surface area contributed by atoms with Crippen molar-refractivity contribution in [1.82, 2.24) is 5.32 Å². The molecule has 2 aliphatic carbocycles. The summed E-state index contributed by atoms with van der Waals surface area (Å²) in [6.07, 6.45) is 7.11. The van der Waals surface area contributed by atoms with Crippen molar-refractivity contribution in [2.24, 2.45) is 11.8 Å². The predicted octanol–water partition coefficient (Wildman–Crippen LogP) is 3.05. The molecule has 0 spiro atoms. The molecule has 5 heteroatoms. The van der Waals surface area contributed by atoms with E-state index < -0.39 is 0 Å². The number of hydrogen-bond donors (Lipinski definition) is 1. The van der Waals surface area contributed by atoms with Crippen LogP contribution in [0.5, 0.6) is 0 Å². The van der Waals surface area contributed by atoms with E-state index in [0.29, 0.717) is 13.1 Å². The zero-order valence-corrected chi connectivity index (χ0v) is 14.8. The van der Waals surface area contributed by atoms with Crippen LogP contribution in [0, 0.1) is 11.8 Å². The summed E-state index contributed by atoms with van der Waals surface area (Å²) in [4.78, 5) is 25.0. The van der Waals surface area contributed by atoms with E-state index in [0.717, 1.165) is 30.4 Å². The molecule has 2 unspecified atom stereocenters. The molecule has 2 fully saturated rings. The van der Waals surface area contributed by atoms with Gasteiger partial charge in [-0.1, -0.05) is 18.9 Å². The Morgan fingerprint density at radius 1 is 1.24 bits per heavy atom. The summed E-state index contributed by atoms with van der Waals surface area (Å²) in [6, 6.07) is 6.43. The molecule has 3 aliphatic rings. The number of hydrogen-bond acceptors (Lipinski definition) is 3. The summed E-state index contributed by atoms with van der Waals surface area (Å²) in [5.41, 5.74) is 3.77. The van der Waals surface area contributed by atoms with E-state index in [1.54, 1.807) is 4.90 Å². The number of nitrogens with zero attached hydrogens (tertiary/aromatic N) is 1. The Labute approximate surface area is 148 Å². The van der Waals surface area contributed by atoms with Gasteiger partial charge in [0.1, 0.15) is 6.10 Å². The molecule has 1 aliphatic heterocycles. The fourth-order valence-corrected chi connectivity index (χ4v) is 4.70. The molecule has 3 atom stereocenters. The highest BCUT2D eigenvalue weighted by molar-refractivity contribution is 5.90. The van der Waals surface area contributed by atoms with Crippen LogP contribution >= 0.6 is 0 Å². The lowest BCUT2D eigenvalue weighted by Crippen LogP contribution is -2.33. The minimum Gasteiger partial charge on any atom is -0.442 e. The van der Waals surface area contributed by atoms with E-state index >= 15 is 0 Å². The van der Waals surface area contributed by atoms with Gasteiger partial charge in [0.2, 0.25) is 5.91 Å². The number of benzene rings is 1. The summed E-state index contributed by atoms with van der Waals surface area (Å²) in [5, 5.41) is 2.72. The normalized spacial score (nSPS) is 28.1. The molecule has 134 valence electrons. The number of aryl methyl sites for hydroxylation is 1. The third-order valence-corrected chi connectivity index (χ3v) is 6.04. The molecular formula is C20H26N2O3. The van der Waals surface area contributed by atoms with Gasteiger partial charge in [-0.3, -0.25) is 9.69 Å². The number of carbonyl (C=O) groups is 2. The topological polar surface area (TPSA) is 58.6 Å². The van der Waals surface area contributed by atoms with E-state index in [1.165, 1.54) is 43.7 Å². The Kier molecular flexibility index (Phi) is 4.40. The lowest BCUT2D eigenvalue weighted by atomic mass is 9.90. The summed E-state index contributed by atoms with van der Waals surface area (Å²) in [6.45, 7) is 2.33. The van der Waals surface area contributed by atoms with Gasteiger partial charge in [0, 0.05) is 12.6 Å². The summed E-state index contributed by atoms with van der Waals surface area (Å²) >= 11 is 0. The Balaban J connectivity index is 1.50. The first-order chi connectivity index (χ1) is 12.1. The van der Waals surface area contributed by atoms with Crippen LogP contribution < -0.4 is 10.2 Å². The quantitative estimate of drug-likeness (QED) is 0.918. The molecular weight excluding hydrogens is 316 g/mol. The Morgan fingerprint density at radius 3 is 2.92 bits per heavy atom. The van der Waals surface area contributed by atoms with Gasteiger partial charge in [-0.15, -0.1) is 0 Å². The van der Waals surface area contributed by atoms with Gasteiger partial charge < -0.3 is 10.1 Å². The fraction of sp³-hybridized carbons (Fsp3) is 0.600. The van der Waals surface area contributed by atoms with Crippen molar-refractivity contribution < 1.29 is 14.3 Å². The maximum atomic E-state index is 12.2. The van der Waals surface area contributed by atoms with Crippen molar-refractivity contribution in [3.05, 3.63) is 29.3 Å². The number of anilines is 1. The lowest BCUT2D eigenvalue weighted by Gasteiger charge is -2.18. The van der Waals surface area contributed by atoms with E-state index in [9.17, 15) is 9.59 Å². The molecule has 1 aromatic carbocycles. The second-order valence-corrected chi connectivity index (χ2v) is 7.70. The number of rotatable bonds is 3. The highest BCUT2D eigenvalue weighted by atomic mass is 16.6. The summed E-state index contributed by atoms with van der Waals surface area (Å²) in [5.74, 6) is 1.59. The van der Waals surface area contributed by atoms with Gasteiger partial charge in [0.15, 0.2) is 0 Å². The molecule has 1 saturated carbocycles. The second-order valence-electron chi connectivity index (χ2n) is 7.70. The first kappa shape index (κ1) is 16.4. The zero-order chi connectivity index (χ0) is 17.4. The van der Waals surface area contributed by atoms with Crippen molar-refractivity contribution in [3.63, 3.8) is 0 Å². The average molecular weight is 342 g/mol. The third kappa shape index (κ3) is 3.37. The average Bonchev–Trinajstić information content (AvgIpc) is 3.14. The van der Waals surface area contributed by atoms with Crippen molar-refractivity contribution in [2.75, 3.05) is 18.0 Å². The Hall–Kier alpha value is -2.04. The molecule has 1 saturated heterocycles. The lowest BCUT2D eigenvalue weighted by molar-refractivity contribution is -0.119. The van der Waals surface area contributed by atoms with Crippen LogP contribution in [0.3, 0.4) is 0 Å². The number of fused-ring (bicyclic) bond motifs is 2. The number of cyclic esters (lactones) is 1. The van der Waals surface area contributed by atoms with Gasteiger partial charge in [-0.2, -0.15) is 0 Å². The summed E-state index contributed by atoms with van der Waals surface area (Å²) < 4.78 is 5.39. The third-order valence-electron chi connectivity index (χ3n) is 6.04. The van der Waals surface area contributed by atoms with Crippen LogP contribution in [0.2, 0.25) is 0 Å². The van der Waals surface area contributed by atoms with E-state index in [-0.39, 0.29) is 18.1 Å². The Bertz CT molecular complexity index is 688. The highest BCUT2D eigenvalue weighted by Gasteiger charge is 2.34. The molecule has 1 aromatic rings. The first-order valence-corrected chi connectivity index (χ1v) is 9.44. The van der Waals surface area contributed by atoms with E-state index in [1.807, 2.05) is 6.07 Å². The maximum absolute atomic E-state index is 12.2. The molecule has 1 N–H and O–H groups in total. The fourth-order valence-electron chi connectivity index (χ4n) is 4.70. The smallest absolute Gasteiger partial charge is 0.414 e. The van der Waals surface area contributed by atoms with Crippen LogP contribution in [0.25, 0.3) is 0 Å². The van der Waals surface area contributed by atoms with Gasteiger partial charge in [-0.25, -0.2) is 4.79 Å². The van der Waals surface area contributed by atoms with Gasteiger partial charge in [0.05, 0.1) is 13.1 Å². The SMILES string of the molecule is CC(=O)NC[C@H]1CN(c2ccc3c(c2)CC2CCCC2CC3)C(=O)O1. The van der Waals surface area contributed by atoms with E-state index in [4.69, 9.17) is 4.74 Å². The molecule has 2 amide bonds. The molecule has 1 heterocycles. The van der Waals surface area contributed by atoms with E-state index in [2.05, 4.69) is 17.4 Å². The Morgan fingerprint density at radius 2 is 2.08 bits per heavy atom. The maximum Gasteiger partial charge on any atom is 0.414 e.